The van der Waals surface area contributed by atoms with Gasteiger partial charge in [-0.1, -0.05) is 6.07 Å². The molecule has 6 heteroatoms. The summed E-state index contributed by atoms with van der Waals surface area (Å²) < 4.78 is 13.9. The fourth-order valence-corrected chi connectivity index (χ4v) is 2.16. The van der Waals surface area contributed by atoms with E-state index in [1.54, 1.807) is 23.3 Å². The zero-order valence-corrected chi connectivity index (χ0v) is 12.6. The topological polar surface area (TPSA) is 42.7 Å². The monoisotopic (exact) mass is 346 g/mol. The number of nitrogens with zero attached hydrogens (tertiary/aromatic N) is 3. The van der Waals surface area contributed by atoms with E-state index in [-0.39, 0.29) is 5.82 Å². The van der Waals surface area contributed by atoms with Crippen LogP contribution in [-0.2, 0) is 6.54 Å². The number of halogens is 2. The van der Waals surface area contributed by atoms with Crippen LogP contribution in [0.25, 0.3) is 5.69 Å². The molecule has 0 aliphatic rings. The molecule has 0 amide bonds. The summed E-state index contributed by atoms with van der Waals surface area (Å²) in [5.41, 5.74) is 2.72. The van der Waals surface area contributed by atoms with Crippen molar-refractivity contribution in [3.8, 4) is 5.69 Å². The molecule has 3 aromatic rings. The Morgan fingerprint density at radius 3 is 2.43 bits per heavy atom. The molecule has 1 N–H and O–H groups in total. The van der Waals surface area contributed by atoms with E-state index in [2.05, 4.69) is 31.4 Å². The predicted molar refractivity (Wildman–Crippen MR) is 82.8 cm³/mol. The maximum absolute atomic E-state index is 13.4. The van der Waals surface area contributed by atoms with Gasteiger partial charge in [0, 0.05) is 12.2 Å². The first-order chi connectivity index (χ1) is 10.2. The molecule has 106 valence electrons. The molecule has 0 aliphatic carbocycles. The minimum Gasteiger partial charge on any atom is -0.381 e. The van der Waals surface area contributed by atoms with Gasteiger partial charge in [-0.2, -0.15) is 15.0 Å². The summed E-state index contributed by atoms with van der Waals surface area (Å²) in [6.45, 7) is 0.559. The first-order valence-electron chi connectivity index (χ1n) is 6.37. The Bertz CT molecular complexity index is 726. The predicted octanol–water partition coefficient (Wildman–Crippen LogP) is 3.78. The van der Waals surface area contributed by atoms with Crippen molar-refractivity contribution in [3.63, 3.8) is 0 Å². The molecule has 0 saturated carbocycles. The summed E-state index contributed by atoms with van der Waals surface area (Å²) in [5.74, 6) is -0.255. The van der Waals surface area contributed by atoms with Crippen LogP contribution in [0.2, 0.25) is 0 Å². The van der Waals surface area contributed by atoms with Gasteiger partial charge in [0.25, 0.3) is 0 Å². The number of hydrogen-bond donors (Lipinski definition) is 1. The zero-order chi connectivity index (χ0) is 14.7. The summed E-state index contributed by atoms with van der Waals surface area (Å²) in [6, 6.07) is 12.8. The van der Waals surface area contributed by atoms with Gasteiger partial charge in [-0.3, -0.25) is 0 Å². The average Bonchev–Trinajstić information content (AvgIpc) is 3.03. The zero-order valence-electron chi connectivity index (χ0n) is 11.0. The number of hydrogen-bond acceptors (Lipinski definition) is 3. The van der Waals surface area contributed by atoms with Crippen molar-refractivity contribution in [2.24, 2.45) is 0 Å². The van der Waals surface area contributed by atoms with Gasteiger partial charge in [0.1, 0.15) is 5.82 Å². The maximum atomic E-state index is 13.4. The molecule has 1 aromatic heterocycles. The van der Waals surface area contributed by atoms with Gasteiger partial charge in [-0.25, -0.2) is 4.39 Å². The van der Waals surface area contributed by atoms with Crippen LogP contribution in [0.1, 0.15) is 5.56 Å². The molecule has 4 nitrogen and oxygen atoms in total. The van der Waals surface area contributed by atoms with Crippen LogP contribution in [-0.4, -0.2) is 15.0 Å². The van der Waals surface area contributed by atoms with Crippen LogP contribution < -0.4 is 5.32 Å². The highest BCUT2D eigenvalue weighted by Gasteiger charge is 2.01. The molecule has 0 radical (unpaired) electrons. The molecule has 0 fully saturated rings. The van der Waals surface area contributed by atoms with Crippen molar-refractivity contribution < 1.29 is 4.39 Å². The second-order valence-electron chi connectivity index (χ2n) is 4.47. The lowest BCUT2D eigenvalue weighted by molar-refractivity contribution is 0.619. The fourth-order valence-electron chi connectivity index (χ4n) is 1.92. The minimum atomic E-state index is -0.255. The average molecular weight is 347 g/mol. The van der Waals surface area contributed by atoms with Gasteiger partial charge in [-0.15, -0.1) is 0 Å². The Hall–Kier alpha value is -2.21. The molecule has 3 rings (SSSR count). The van der Waals surface area contributed by atoms with Crippen LogP contribution in [0.15, 0.2) is 59.3 Å². The normalized spacial score (nSPS) is 10.6. The molecular formula is C15H12BrFN4. The fraction of sp³-hybridized carbons (Fsp3) is 0.0667. The molecule has 0 unspecified atom stereocenters. The Morgan fingerprint density at radius 2 is 1.76 bits per heavy atom. The number of nitrogens with one attached hydrogen (secondary N) is 1. The summed E-state index contributed by atoms with van der Waals surface area (Å²) in [7, 11) is 0. The lowest BCUT2D eigenvalue weighted by Gasteiger charge is -2.08. The third-order valence-electron chi connectivity index (χ3n) is 3.00. The molecule has 21 heavy (non-hydrogen) atoms. The largest absolute Gasteiger partial charge is 0.381 e. The third-order valence-corrected chi connectivity index (χ3v) is 3.64. The highest BCUT2D eigenvalue weighted by Crippen LogP contribution is 2.18. The number of rotatable bonds is 4. The highest BCUT2D eigenvalue weighted by molar-refractivity contribution is 9.10. The SMILES string of the molecule is Fc1cc(CNc2ccc(-n3nccn3)cc2)ccc1Br. The smallest absolute Gasteiger partial charge is 0.137 e. The molecule has 0 bridgehead atoms. The summed E-state index contributed by atoms with van der Waals surface area (Å²) in [6.07, 6.45) is 3.27. The van der Waals surface area contributed by atoms with E-state index in [0.29, 0.717) is 11.0 Å². The van der Waals surface area contributed by atoms with E-state index in [1.165, 1.54) is 6.07 Å². The van der Waals surface area contributed by atoms with Crippen LogP contribution in [0, 0.1) is 5.82 Å². The van der Waals surface area contributed by atoms with Gasteiger partial charge in [0.05, 0.1) is 22.6 Å². The molecule has 0 atom stereocenters. The quantitative estimate of drug-likeness (QED) is 0.781. The molecular weight excluding hydrogens is 335 g/mol. The van der Waals surface area contributed by atoms with E-state index < -0.39 is 0 Å². The van der Waals surface area contributed by atoms with Gasteiger partial charge >= 0.3 is 0 Å². The van der Waals surface area contributed by atoms with Crippen LogP contribution in [0.5, 0.6) is 0 Å². The van der Waals surface area contributed by atoms with Crippen LogP contribution in [0.3, 0.4) is 0 Å². The van der Waals surface area contributed by atoms with E-state index >= 15 is 0 Å². The molecule has 0 spiro atoms. The van der Waals surface area contributed by atoms with Crippen molar-refractivity contribution in [1.29, 1.82) is 0 Å². The van der Waals surface area contributed by atoms with Crippen LogP contribution >= 0.6 is 15.9 Å². The lowest BCUT2D eigenvalue weighted by Crippen LogP contribution is -2.01. The number of aromatic nitrogens is 3. The van der Waals surface area contributed by atoms with Crippen molar-refractivity contribution in [2.45, 2.75) is 6.54 Å². The van der Waals surface area contributed by atoms with Gasteiger partial charge < -0.3 is 5.32 Å². The van der Waals surface area contributed by atoms with E-state index in [1.807, 2.05) is 30.3 Å². The molecule has 0 saturated heterocycles. The van der Waals surface area contributed by atoms with Crippen LogP contribution in [0.4, 0.5) is 10.1 Å². The summed E-state index contributed by atoms with van der Waals surface area (Å²) in [4.78, 5) is 1.55. The van der Waals surface area contributed by atoms with Gasteiger partial charge in [0.15, 0.2) is 0 Å². The molecule has 2 aromatic carbocycles. The van der Waals surface area contributed by atoms with Crippen molar-refractivity contribution >= 4 is 21.6 Å². The standard InChI is InChI=1S/C15H12BrFN4/c16-14-6-1-11(9-15(14)17)10-18-12-2-4-13(5-3-12)21-19-7-8-20-21/h1-9,18H,10H2. The lowest BCUT2D eigenvalue weighted by atomic mass is 10.2. The van der Waals surface area contributed by atoms with E-state index in [0.717, 1.165) is 16.9 Å². The Kier molecular flexibility index (Phi) is 3.96. The van der Waals surface area contributed by atoms with Gasteiger partial charge in [-0.05, 0) is 57.9 Å². The van der Waals surface area contributed by atoms with E-state index in [9.17, 15) is 4.39 Å². The summed E-state index contributed by atoms with van der Waals surface area (Å²) >= 11 is 3.14. The molecule has 1 heterocycles. The Balaban J connectivity index is 1.66. The Morgan fingerprint density at radius 1 is 1.05 bits per heavy atom. The second kappa shape index (κ2) is 6.05. The highest BCUT2D eigenvalue weighted by atomic mass is 79.9. The maximum Gasteiger partial charge on any atom is 0.137 e. The van der Waals surface area contributed by atoms with Crippen molar-refractivity contribution in [3.05, 3.63) is 70.7 Å². The molecule has 0 aliphatic heterocycles. The Labute approximate surface area is 129 Å². The first kappa shape index (κ1) is 13.8. The first-order valence-corrected chi connectivity index (χ1v) is 7.16. The van der Waals surface area contributed by atoms with Crippen molar-refractivity contribution in [2.75, 3.05) is 5.32 Å². The number of benzene rings is 2. The second-order valence-corrected chi connectivity index (χ2v) is 5.32. The third kappa shape index (κ3) is 3.28. The minimum absolute atomic E-state index is 0.255. The van der Waals surface area contributed by atoms with Gasteiger partial charge in [0.2, 0.25) is 0 Å². The van der Waals surface area contributed by atoms with E-state index in [4.69, 9.17) is 0 Å². The van der Waals surface area contributed by atoms with Crippen molar-refractivity contribution in [1.82, 2.24) is 15.0 Å². The summed E-state index contributed by atoms with van der Waals surface area (Å²) in [5, 5.41) is 11.4. The number of anilines is 1.